The molecule has 0 aliphatic carbocycles. The lowest BCUT2D eigenvalue weighted by molar-refractivity contribution is -0.139. The highest BCUT2D eigenvalue weighted by atomic mass is 16.2. The highest BCUT2D eigenvalue weighted by Gasteiger charge is 2.33. The van der Waals surface area contributed by atoms with Crippen molar-refractivity contribution in [1.82, 2.24) is 10.2 Å². The van der Waals surface area contributed by atoms with E-state index in [4.69, 9.17) is 0 Å². The van der Waals surface area contributed by atoms with Gasteiger partial charge in [0, 0.05) is 13.5 Å². The number of Topliss-reactive ketones (excluding diaryl/α,β-unsaturated/α-hetero) is 1. The van der Waals surface area contributed by atoms with E-state index in [1.54, 1.807) is 11.8 Å². The topological polar surface area (TPSA) is 66.5 Å². The first-order valence-electron chi connectivity index (χ1n) is 6.51. The van der Waals surface area contributed by atoms with Gasteiger partial charge in [0.15, 0.2) is 5.78 Å². The van der Waals surface area contributed by atoms with Gasteiger partial charge in [-0.2, -0.15) is 0 Å². The molecule has 1 aliphatic heterocycles. The van der Waals surface area contributed by atoms with Gasteiger partial charge < -0.3 is 10.2 Å². The van der Waals surface area contributed by atoms with Crippen LogP contribution in [0.5, 0.6) is 0 Å². The number of hydrogen-bond acceptors (Lipinski definition) is 3. The van der Waals surface area contributed by atoms with Gasteiger partial charge in [0.05, 0.1) is 6.04 Å². The molecule has 1 N–H and O–H groups in total. The lowest BCUT2D eigenvalue weighted by Gasteiger charge is -2.26. The fourth-order valence-electron chi connectivity index (χ4n) is 2.07. The Bertz CT molecular complexity index is 315. The van der Waals surface area contributed by atoms with E-state index in [0.29, 0.717) is 6.54 Å². The maximum absolute atomic E-state index is 12.0. The van der Waals surface area contributed by atoms with Gasteiger partial charge in [0.2, 0.25) is 11.8 Å². The summed E-state index contributed by atoms with van der Waals surface area (Å²) in [5, 5.41) is 2.54. The molecular formula is C13H24N2O3. The van der Waals surface area contributed by atoms with Gasteiger partial charge in [-0.15, -0.1) is 0 Å². The monoisotopic (exact) mass is 256 g/mol. The third-order valence-corrected chi connectivity index (χ3v) is 2.80. The number of carbonyl (C=O) groups is 3. The van der Waals surface area contributed by atoms with Crippen LogP contribution in [0, 0.1) is 0 Å². The Kier molecular flexibility index (Phi) is 7.24. The van der Waals surface area contributed by atoms with E-state index in [2.05, 4.69) is 5.32 Å². The number of likely N-dealkylation sites (tertiary alicyclic amines) is 1. The van der Waals surface area contributed by atoms with Crippen LogP contribution < -0.4 is 5.32 Å². The van der Waals surface area contributed by atoms with Crippen molar-refractivity contribution in [3.8, 4) is 0 Å². The zero-order valence-electron chi connectivity index (χ0n) is 11.9. The molecular weight excluding hydrogens is 232 g/mol. The molecule has 0 bridgehead atoms. The summed E-state index contributed by atoms with van der Waals surface area (Å²) >= 11 is 0. The summed E-state index contributed by atoms with van der Waals surface area (Å²) < 4.78 is 0. The Labute approximate surface area is 109 Å². The molecule has 1 fully saturated rings. The summed E-state index contributed by atoms with van der Waals surface area (Å²) in [4.78, 5) is 35.7. The van der Waals surface area contributed by atoms with Crippen molar-refractivity contribution in [3.63, 3.8) is 0 Å². The number of nitrogens with one attached hydrogen (secondary N) is 1. The number of carbonyl (C=O) groups excluding carboxylic acids is 3. The lowest BCUT2D eigenvalue weighted by atomic mass is 10.1. The van der Waals surface area contributed by atoms with Crippen LogP contribution in [0.15, 0.2) is 0 Å². The number of hydrogen-bond donors (Lipinski definition) is 1. The minimum absolute atomic E-state index is 0.0147. The predicted octanol–water partition coefficient (Wildman–Crippen LogP) is 1.12. The molecule has 0 aromatic carbocycles. The second kappa shape index (κ2) is 7.84. The largest absolute Gasteiger partial charge is 0.345 e. The molecule has 0 radical (unpaired) electrons. The molecule has 1 saturated heterocycles. The Morgan fingerprint density at radius 3 is 2.22 bits per heavy atom. The van der Waals surface area contributed by atoms with Gasteiger partial charge in [-0.25, -0.2) is 0 Å². The third-order valence-electron chi connectivity index (χ3n) is 2.80. The van der Waals surface area contributed by atoms with E-state index in [-0.39, 0.29) is 23.6 Å². The molecule has 0 spiro atoms. The molecule has 5 heteroatoms. The first-order valence-corrected chi connectivity index (χ1v) is 6.51. The minimum Gasteiger partial charge on any atom is -0.345 e. The number of rotatable bonds is 3. The zero-order valence-corrected chi connectivity index (χ0v) is 11.9. The first-order chi connectivity index (χ1) is 8.43. The summed E-state index contributed by atoms with van der Waals surface area (Å²) in [6, 6.07) is -0.860. The zero-order chi connectivity index (χ0) is 14.3. The van der Waals surface area contributed by atoms with Crippen LogP contribution in [0.1, 0.15) is 47.5 Å². The molecule has 1 aliphatic rings. The quantitative estimate of drug-likeness (QED) is 0.822. The van der Waals surface area contributed by atoms with Gasteiger partial charge in [-0.05, 0) is 26.7 Å². The Morgan fingerprint density at radius 2 is 1.78 bits per heavy atom. The summed E-state index contributed by atoms with van der Waals surface area (Å²) in [5.74, 6) is -0.395. The predicted molar refractivity (Wildman–Crippen MR) is 70.0 cm³/mol. The number of ketones is 1. The average Bonchev–Trinajstić information content (AvgIpc) is 2.78. The first kappa shape index (κ1) is 16.6. The van der Waals surface area contributed by atoms with Gasteiger partial charge >= 0.3 is 0 Å². The molecule has 5 nitrogen and oxygen atoms in total. The Morgan fingerprint density at radius 1 is 1.22 bits per heavy atom. The maximum Gasteiger partial charge on any atom is 0.245 e. The fraction of sp³-hybridized carbons (Fsp3) is 0.769. The van der Waals surface area contributed by atoms with Crippen LogP contribution in [0.2, 0.25) is 0 Å². The third kappa shape index (κ3) is 4.47. The van der Waals surface area contributed by atoms with Crippen molar-refractivity contribution < 1.29 is 14.4 Å². The van der Waals surface area contributed by atoms with E-state index >= 15 is 0 Å². The summed E-state index contributed by atoms with van der Waals surface area (Å²) in [5.41, 5.74) is 0. The maximum atomic E-state index is 12.0. The molecule has 1 rings (SSSR count). The lowest BCUT2D eigenvalue weighted by Crippen LogP contribution is -2.49. The minimum atomic E-state index is -0.558. The molecule has 18 heavy (non-hydrogen) atoms. The molecule has 2 amide bonds. The fourth-order valence-corrected chi connectivity index (χ4v) is 2.07. The van der Waals surface area contributed by atoms with Crippen molar-refractivity contribution in [3.05, 3.63) is 0 Å². The smallest absolute Gasteiger partial charge is 0.245 e. The van der Waals surface area contributed by atoms with Crippen molar-refractivity contribution in [1.29, 1.82) is 0 Å². The number of nitrogens with zero attached hydrogens (tertiary/aromatic N) is 1. The van der Waals surface area contributed by atoms with Gasteiger partial charge in [-0.1, -0.05) is 13.8 Å². The highest BCUT2D eigenvalue weighted by Crippen LogP contribution is 2.18. The Balaban J connectivity index is 0.00000137. The molecule has 104 valence electrons. The van der Waals surface area contributed by atoms with E-state index < -0.39 is 6.04 Å². The highest BCUT2D eigenvalue weighted by molar-refractivity contribution is 5.91. The van der Waals surface area contributed by atoms with E-state index in [0.717, 1.165) is 12.8 Å². The molecule has 1 heterocycles. The van der Waals surface area contributed by atoms with Gasteiger partial charge in [-0.3, -0.25) is 14.4 Å². The van der Waals surface area contributed by atoms with Gasteiger partial charge in [0.25, 0.3) is 0 Å². The van der Waals surface area contributed by atoms with E-state index in [9.17, 15) is 14.4 Å². The van der Waals surface area contributed by atoms with Crippen LogP contribution in [0.25, 0.3) is 0 Å². The van der Waals surface area contributed by atoms with Gasteiger partial charge in [0.1, 0.15) is 6.04 Å². The summed E-state index contributed by atoms with van der Waals surface area (Å²) in [7, 11) is 0. The van der Waals surface area contributed by atoms with E-state index in [1.165, 1.54) is 13.8 Å². The normalized spacial score (nSPS) is 19.6. The average molecular weight is 256 g/mol. The second-order valence-corrected chi connectivity index (χ2v) is 4.22. The van der Waals surface area contributed by atoms with Crippen LogP contribution in [0.4, 0.5) is 0 Å². The van der Waals surface area contributed by atoms with Crippen molar-refractivity contribution in [2.45, 2.75) is 59.5 Å². The van der Waals surface area contributed by atoms with Crippen molar-refractivity contribution in [2.24, 2.45) is 0 Å². The molecule has 0 aromatic rings. The molecule has 2 atom stereocenters. The summed E-state index contributed by atoms with van der Waals surface area (Å²) in [6.45, 7) is 9.11. The number of amides is 2. The van der Waals surface area contributed by atoms with Crippen molar-refractivity contribution in [2.75, 3.05) is 6.54 Å². The molecule has 0 aromatic heterocycles. The molecule has 0 saturated carbocycles. The van der Waals surface area contributed by atoms with Crippen molar-refractivity contribution >= 4 is 17.6 Å². The van der Waals surface area contributed by atoms with E-state index in [1.807, 2.05) is 13.8 Å². The molecule has 0 unspecified atom stereocenters. The summed E-state index contributed by atoms with van der Waals surface area (Å²) in [6.07, 6.45) is 1.58. The van der Waals surface area contributed by atoms with Crippen LogP contribution in [-0.4, -0.2) is 41.1 Å². The van der Waals surface area contributed by atoms with Crippen LogP contribution in [-0.2, 0) is 14.4 Å². The van der Waals surface area contributed by atoms with Crippen LogP contribution in [0.3, 0.4) is 0 Å². The van der Waals surface area contributed by atoms with Crippen LogP contribution >= 0.6 is 0 Å². The standard InChI is InChI=1S/C11H18N2O3.C2H6/c1-7(12-9(3)15)11(16)13-6-4-5-10(13)8(2)14;1-2/h7,10H,4-6H2,1-3H3,(H,12,15);1-2H3/t7-,10-;/m0./s1. The SMILES string of the molecule is CC.CC(=O)N[C@@H](C)C(=O)N1CCC[C@H]1C(C)=O. The second-order valence-electron chi connectivity index (χ2n) is 4.22. The Hall–Kier alpha value is -1.39.